The van der Waals surface area contributed by atoms with Crippen LogP contribution in [0.1, 0.15) is 46.0 Å². The van der Waals surface area contributed by atoms with E-state index in [1.807, 2.05) is 6.92 Å². The Hall–Kier alpha value is -2.90. The van der Waals surface area contributed by atoms with Crippen molar-refractivity contribution in [2.75, 3.05) is 6.61 Å². The zero-order chi connectivity index (χ0) is 20.0. The van der Waals surface area contributed by atoms with Crippen LogP contribution in [0, 0.1) is 5.82 Å². The van der Waals surface area contributed by atoms with Gasteiger partial charge in [-0.05, 0) is 42.8 Å². The Morgan fingerprint density at radius 3 is 2.11 bits per heavy atom. The maximum Gasteiger partial charge on any atom is 0.419 e. The maximum atomic E-state index is 13.9. The molecule has 0 atom stereocenters. The van der Waals surface area contributed by atoms with Gasteiger partial charge in [-0.25, -0.2) is 14.0 Å². The van der Waals surface area contributed by atoms with Gasteiger partial charge < -0.3 is 9.47 Å². The molecule has 0 spiro atoms. The van der Waals surface area contributed by atoms with Gasteiger partial charge in [-0.1, -0.05) is 19.4 Å². The van der Waals surface area contributed by atoms with Crippen molar-refractivity contribution in [2.45, 2.75) is 25.9 Å². The molecule has 0 N–H and O–H groups in total. The van der Waals surface area contributed by atoms with E-state index in [-0.39, 0.29) is 17.7 Å². The zero-order valence-corrected chi connectivity index (χ0v) is 14.3. The van der Waals surface area contributed by atoms with Crippen LogP contribution in [-0.2, 0) is 10.9 Å². The van der Waals surface area contributed by atoms with E-state index in [4.69, 9.17) is 9.47 Å². The van der Waals surface area contributed by atoms with Crippen LogP contribution in [0.4, 0.5) is 17.6 Å². The summed E-state index contributed by atoms with van der Waals surface area (Å²) in [5, 5.41) is 0. The topological polar surface area (TPSA) is 52.6 Å². The normalized spacial score (nSPS) is 11.1. The fourth-order valence-corrected chi connectivity index (χ4v) is 2.10. The summed E-state index contributed by atoms with van der Waals surface area (Å²) in [5.74, 6) is -4.13. The molecule has 2 rings (SSSR count). The van der Waals surface area contributed by atoms with Gasteiger partial charge in [0.05, 0.1) is 23.3 Å². The van der Waals surface area contributed by atoms with E-state index in [9.17, 15) is 27.2 Å². The highest BCUT2D eigenvalue weighted by Crippen LogP contribution is 2.34. The zero-order valence-electron chi connectivity index (χ0n) is 14.3. The third-order valence-electron chi connectivity index (χ3n) is 3.56. The Morgan fingerprint density at radius 1 is 0.963 bits per heavy atom. The number of esters is 2. The minimum Gasteiger partial charge on any atom is -0.462 e. The van der Waals surface area contributed by atoms with Crippen molar-refractivity contribution in [1.82, 2.24) is 0 Å². The fraction of sp³-hybridized carbons (Fsp3) is 0.263. The summed E-state index contributed by atoms with van der Waals surface area (Å²) in [6, 6.07) is 7.51. The number of hydrogen-bond acceptors (Lipinski definition) is 4. The molecule has 0 heterocycles. The summed E-state index contributed by atoms with van der Waals surface area (Å²) in [6.07, 6.45) is -3.32. The van der Waals surface area contributed by atoms with Crippen molar-refractivity contribution in [3.05, 3.63) is 65.0 Å². The second kappa shape index (κ2) is 8.66. The van der Waals surface area contributed by atoms with Crippen LogP contribution >= 0.6 is 0 Å². The number of ether oxygens (including phenoxy) is 2. The van der Waals surface area contributed by atoms with Crippen molar-refractivity contribution < 1.29 is 36.6 Å². The smallest absolute Gasteiger partial charge is 0.419 e. The predicted molar refractivity (Wildman–Crippen MR) is 88.0 cm³/mol. The maximum absolute atomic E-state index is 13.9. The fourth-order valence-electron chi connectivity index (χ4n) is 2.10. The first-order valence-corrected chi connectivity index (χ1v) is 8.09. The molecule has 0 bridgehead atoms. The molecule has 2 aromatic carbocycles. The van der Waals surface area contributed by atoms with Gasteiger partial charge in [-0.2, -0.15) is 13.2 Å². The van der Waals surface area contributed by atoms with Crippen molar-refractivity contribution in [1.29, 1.82) is 0 Å². The minimum atomic E-state index is -4.91. The van der Waals surface area contributed by atoms with Crippen molar-refractivity contribution in [3.63, 3.8) is 0 Å². The second-order valence-corrected chi connectivity index (χ2v) is 5.57. The molecule has 8 heteroatoms. The summed E-state index contributed by atoms with van der Waals surface area (Å²) in [4.78, 5) is 23.8. The minimum absolute atomic E-state index is 0.0584. The van der Waals surface area contributed by atoms with Crippen LogP contribution in [-0.4, -0.2) is 18.5 Å². The van der Waals surface area contributed by atoms with Crippen LogP contribution in [0.3, 0.4) is 0 Å². The van der Waals surface area contributed by atoms with Crippen LogP contribution in [0.5, 0.6) is 5.75 Å². The number of carbonyl (C=O) groups excluding carboxylic acids is 2. The van der Waals surface area contributed by atoms with Gasteiger partial charge in [0.25, 0.3) is 0 Å². The highest BCUT2D eigenvalue weighted by molar-refractivity contribution is 5.94. The number of hydrogen-bond donors (Lipinski definition) is 0. The quantitative estimate of drug-likeness (QED) is 0.304. The number of unbranched alkanes of at least 4 members (excludes halogenated alkanes) is 1. The Bertz CT molecular complexity index is 813. The molecule has 2 aromatic rings. The summed E-state index contributed by atoms with van der Waals surface area (Å²) in [6.45, 7) is 2.22. The molecule has 0 aliphatic rings. The summed E-state index contributed by atoms with van der Waals surface area (Å²) < 4.78 is 61.7. The molecule has 0 aliphatic heterocycles. The lowest BCUT2D eigenvalue weighted by atomic mass is 10.1. The van der Waals surface area contributed by atoms with Crippen LogP contribution in [0.25, 0.3) is 0 Å². The first-order chi connectivity index (χ1) is 12.7. The largest absolute Gasteiger partial charge is 0.462 e. The van der Waals surface area contributed by atoms with Gasteiger partial charge in [0.1, 0.15) is 0 Å². The highest BCUT2D eigenvalue weighted by Gasteiger charge is 2.35. The third kappa shape index (κ3) is 5.29. The van der Waals surface area contributed by atoms with E-state index in [2.05, 4.69) is 0 Å². The number of halogens is 4. The highest BCUT2D eigenvalue weighted by atomic mass is 19.4. The van der Waals surface area contributed by atoms with Gasteiger partial charge in [0, 0.05) is 0 Å². The average Bonchev–Trinajstić information content (AvgIpc) is 2.62. The summed E-state index contributed by atoms with van der Waals surface area (Å²) >= 11 is 0. The van der Waals surface area contributed by atoms with Gasteiger partial charge in [0.15, 0.2) is 11.6 Å². The van der Waals surface area contributed by atoms with Crippen LogP contribution < -0.4 is 4.74 Å². The molecule has 4 nitrogen and oxygen atoms in total. The third-order valence-corrected chi connectivity index (χ3v) is 3.56. The predicted octanol–water partition coefficient (Wildman–Crippen LogP) is 5.02. The Kier molecular flexibility index (Phi) is 6.55. The van der Waals surface area contributed by atoms with Crippen molar-refractivity contribution in [3.8, 4) is 5.75 Å². The molecule has 0 radical (unpaired) electrons. The van der Waals surface area contributed by atoms with E-state index in [1.54, 1.807) is 0 Å². The number of rotatable bonds is 6. The van der Waals surface area contributed by atoms with Crippen molar-refractivity contribution in [2.24, 2.45) is 0 Å². The van der Waals surface area contributed by atoms with Crippen molar-refractivity contribution >= 4 is 11.9 Å². The molecule has 0 unspecified atom stereocenters. The number of benzene rings is 2. The van der Waals surface area contributed by atoms with Gasteiger partial charge in [-0.15, -0.1) is 0 Å². The van der Waals surface area contributed by atoms with Gasteiger partial charge in [-0.3, -0.25) is 0 Å². The molecule has 0 amide bonds. The van der Waals surface area contributed by atoms with Crippen LogP contribution in [0.2, 0.25) is 0 Å². The number of carbonyl (C=O) groups is 2. The molecule has 0 aromatic heterocycles. The Morgan fingerprint density at radius 2 is 1.56 bits per heavy atom. The first-order valence-electron chi connectivity index (χ1n) is 8.09. The standard InChI is InChI=1S/C19H16F4O4/c1-2-3-11-26-17(24)12-7-9-13(10-8-12)18(25)27-15-6-4-5-14(16(15)20)19(21,22)23/h4-10H,2-3,11H2,1H3. The monoisotopic (exact) mass is 384 g/mol. The molecule has 0 fully saturated rings. The lowest BCUT2D eigenvalue weighted by molar-refractivity contribution is -0.140. The van der Waals surface area contributed by atoms with Gasteiger partial charge in [0.2, 0.25) is 0 Å². The lowest BCUT2D eigenvalue weighted by Gasteiger charge is -2.11. The van der Waals surface area contributed by atoms with E-state index in [0.717, 1.165) is 25.0 Å². The van der Waals surface area contributed by atoms with E-state index >= 15 is 0 Å². The van der Waals surface area contributed by atoms with E-state index in [0.29, 0.717) is 6.07 Å². The second-order valence-electron chi connectivity index (χ2n) is 5.57. The first kappa shape index (κ1) is 20.4. The Labute approximate surface area is 152 Å². The number of alkyl halides is 3. The SMILES string of the molecule is CCCCOC(=O)c1ccc(C(=O)Oc2cccc(C(F)(F)F)c2F)cc1. The van der Waals surface area contributed by atoms with E-state index in [1.165, 1.54) is 24.3 Å². The average molecular weight is 384 g/mol. The van der Waals surface area contributed by atoms with Crippen LogP contribution in [0.15, 0.2) is 42.5 Å². The molecule has 27 heavy (non-hydrogen) atoms. The molecule has 144 valence electrons. The molecule has 0 saturated heterocycles. The molecule has 0 saturated carbocycles. The molecular formula is C19H16F4O4. The molecular weight excluding hydrogens is 368 g/mol. The molecule has 0 aliphatic carbocycles. The van der Waals surface area contributed by atoms with Gasteiger partial charge >= 0.3 is 18.1 Å². The Balaban J connectivity index is 2.10. The summed E-state index contributed by atoms with van der Waals surface area (Å²) in [7, 11) is 0. The lowest BCUT2D eigenvalue weighted by Crippen LogP contribution is -2.13. The summed E-state index contributed by atoms with van der Waals surface area (Å²) in [5.41, 5.74) is -1.39. The van der Waals surface area contributed by atoms with E-state index < -0.39 is 35.2 Å².